The molecule has 0 spiro atoms. The minimum atomic E-state index is -1.33. The Labute approximate surface area is 434 Å². The molecule has 0 aliphatic heterocycles. The molecule has 0 saturated heterocycles. The van der Waals surface area contributed by atoms with Gasteiger partial charge in [-0.05, 0) is 124 Å². The van der Waals surface area contributed by atoms with E-state index in [0.29, 0.717) is 11.8 Å². The van der Waals surface area contributed by atoms with Gasteiger partial charge < -0.3 is 4.42 Å². The number of furan rings is 1. The minimum absolute atomic E-state index is 0. The van der Waals surface area contributed by atoms with Gasteiger partial charge >= 0.3 is 0 Å². The van der Waals surface area contributed by atoms with Crippen molar-refractivity contribution in [2.75, 3.05) is 0 Å². The molecule has 1 unspecified atom stereocenters. The quantitative estimate of drug-likeness (QED) is 0.121. The van der Waals surface area contributed by atoms with Crippen LogP contribution in [0, 0.1) is 17.7 Å². The van der Waals surface area contributed by atoms with Gasteiger partial charge in [0, 0.05) is 72.1 Å². The summed E-state index contributed by atoms with van der Waals surface area (Å²) in [7, 11) is -1.33. The Morgan fingerprint density at radius 2 is 1.08 bits per heavy atom. The SMILES string of the molecule is CC(C)Cc1cc(-c2ccccc2)ncc1[Si](C)(C)C.CC(C)Cc1ccnc(-c2ccccc2)c1.CC(c1ccccc1)c1ccnc(-c2cccc3c2oc2cc(-c4ccc(F)cc4)ccc23)c1.[Ir]. The van der Waals surface area contributed by atoms with Crippen LogP contribution in [-0.4, -0.2) is 23.0 Å². The maximum absolute atomic E-state index is 13.4. The number of hydrogen-bond acceptors (Lipinski definition) is 4. The fraction of sp³-hybridized carbons (Fsp3) is 0.203. The third kappa shape index (κ3) is 13.4. The molecule has 0 bridgehead atoms. The Bertz CT molecular complexity index is 3280. The number of pyridine rings is 3. The minimum Gasteiger partial charge on any atom is -0.455 e. The molecule has 4 aromatic heterocycles. The molecule has 0 saturated carbocycles. The summed E-state index contributed by atoms with van der Waals surface area (Å²) in [6.07, 6.45) is 8.16. The van der Waals surface area contributed by atoms with Crippen molar-refractivity contribution < 1.29 is 28.9 Å². The van der Waals surface area contributed by atoms with Crippen LogP contribution in [0.1, 0.15) is 62.8 Å². The molecule has 361 valence electrons. The van der Waals surface area contributed by atoms with Gasteiger partial charge in [0.05, 0.1) is 25.2 Å². The fourth-order valence-corrected chi connectivity index (χ4v) is 10.6. The van der Waals surface area contributed by atoms with Crippen molar-refractivity contribution in [3.05, 3.63) is 229 Å². The van der Waals surface area contributed by atoms with Gasteiger partial charge in [0.2, 0.25) is 0 Å². The molecule has 0 fully saturated rings. The summed E-state index contributed by atoms with van der Waals surface area (Å²) in [5.41, 5.74) is 15.3. The van der Waals surface area contributed by atoms with Crippen LogP contribution in [0.3, 0.4) is 0 Å². The summed E-state index contributed by atoms with van der Waals surface area (Å²) >= 11 is 0. The smallest absolute Gasteiger partial charge is 0.144 e. The van der Waals surface area contributed by atoms with Crippen LogP contribution in [0.15, 0.2) is 205 Å². The Hall–Kier alpha value is -6.63. The van der Waals surface area contributed by atoms with Gasteiger partial charge in [-0.15, -0.1) is 0 Å². The standard InChI is InChI=1S/C31H22FNO.C18H25NSi.C15H17N.Ir/c1-20(21-6-3-2-4-7-21)23-16-17-33-29(18-23)28-9-5-8-27-26-15-12-24(19-30(26)34-31(27)28)22-10-13-25(32)14-11-22;1-14(2)11-16-12-17(15-9-7-6-8-10-15)19-13-18(16)20(3,4)5;1-12(2)10-13-8-9-16-15(11-13)14-6-4-3-5-7-14;/h2-20H,1H3;6-10,12-14H,11H2,1-5H3;3-9,11-12H,10H2,1-2H3;. The zero-order chi connectivity index (χ0) is 49.2. The molecule has 1 atom stereocenters. The number of rotatable bonds is 11. The monoisotopic (exact) mass is 1130 g/mol. The molecule has 10 aromatic rings. The average molecular weight is 1130 g/mol. The van der Waals surface area contributed by atoms with E-state index in [1.165, 1.54) is 50.7 Å². The molecule has 4 nitrogen and oxygen atoms in total. The molecule has 0 amide bonds. The van der Waals surface area contributed by atoms with Crippen LogP contribution in [0.2, 0.25) is 19.6 Å². The fourth-order valence-electron chi connectivity index (χ4n) is 9.01. The Kier molecular flexibility index (Phi) is 17.6. The number of nitrogens with zero attached hydrogens (tertiary/aromatic N) is 3. The molecular weight excluding hydrogens is 1070 g/mol. The first-order valence-electron chi connectivity index (χ1n) is 24.6. The molecule has 10 rings (SSSR count). The van der Waals surface area contributed by atoms with E-state index >= 15 is 0 Å². The molecule has 0 N–H and O–H groups in total. The van der Waals surface area contributed by atoms with Crippen LogP contribution < -0.4 is 5.19 Å². The number of fused-ring (bicyclic) bond motifs is 3. The molecule has 71 heavy (non-hydrogen) atoms. The third-order valence-corrected chi connectivity index (χ3v) is 14.6. The summed E-state index contributed by atoms with van der Waals surface area (Å²) in [5.74, 6) is 1.38. The van der Waals surface area contributed by atoms with Crippen LogP contribution in [0.4, 0.5) is 4.39 Å². The van der Waals surface area contributed by atoms with Gasteiger partial charge in [0.15, 0.2) is 0 Å². The maximum Gasteiger partial charge on any atom is 0.144 e. The Morgan fingerprint density at radius 1 is 0.493 bits per heavy atom. The second kappa shape index (κ2) is 24.0. The molecule has 0 aliphatic carbocycles. The number of halogens is 1. The number of aromatic nitrogens is 3. The molecular formula is C64H64FIrN3OSi. The summed E-state index contributed by atoms with van der Waals surface area (Å²) in [6, 6.07) is 61.0. The molecule has 4 heterocycles. The largest absolute Gasteiger partial charge is 0.455 e. The molecule has 1 radical (unpaired) electrons. The second-order valence-electron chi connectivity index (χ2n) is 20.1. The first kappa shape index (κ1) is 52.2. The summed E-state index contributed by atoms with van der Waals surface area (Å²) in [5, 5.41) is 3.61. The normalized spacial score (nSPS) is 11.6. The van der Waals surface area contributed by atoms with Crippen molar-refractivity contribution in [3.8, 4) is 44.9 Å². The van der Waals surface area contributed by atoms with Crippen LogP contribution in [-0.2, 0) is 32.9 Å². The van der Waals surface area contributed by atoms with Crippen molar-refractivity contribution in [2.45, 2.75) is 73.0 Å². The predicted molar refractivity (Wildman–Crippen MR) is 296 cm³/mol. The summed E-state index contributed by atoms with van der Waals surface area (Å²) in [4.78, 5) is 13.8. The Morgan fingerprint density at radius 3 is 1.72 bits per heavy atom. The summed E-state index contributed by atoms with van der Waals surface area (Å²) in [6.45, 7) is 18.5. The van der Waals surface area contributed by atoms with Gasteiger partial charge in [-0.25, -0.2) is 4.39 Å². The van der Waals surface area contributed by atoms with E-state index < -0.39 is 8.07 Å². The van der Waals surface area contributed by atoms with Crippen molar-refractivity contribution in [1.29, 1.82) is 0 Å². The first-order chi connectivity index (χ1) is 33.8. The van der Waals surface area contributed by atoms with Crippen LogP contribution >= 0.6 is 0 Å². The number of hydrogen-bond donors (Lipinski definition) is 0. The molecule has 6 aromatic carbocycles. The van der Waals surface area contributed by atoms with Crippen molar-refractivity contribution in [1.82, 2.24) is 15.0 Å². The topological polar surface area (TPSA) is 51.8 Å². The molecule has 7 heteroatoms. The van der Waals surface area contributed by atoms with Gasteiger partial charge in [-0.2, -0.15) is 0 Å². The van der Waals surface area contributed by atoms with E-state index in [2.05, 4.69) is 198 Å². The van der Waals surface area contributed by atoms with Gasteiger partial charge in [0.25, 0.3) is 0 Å². The third-order valence-electron chi connectivity index (χ3n) is 12.6. The van der Waals surface area contributed by atoms with Crippen molar-refractivity contribution in [3.63, 3.8) is 0 Å². The maximum atomic E-state index is 13.4. The van der Waals surface area contributed by atoms with E-state index in [1.807, 2.05) is 42.7 Å². The second-order valence-corrected chi connectivity index (χ2v) is 25.1. The first-order valence-corrected chi connectivity index (χ1v) is 28.1. The average Bonchev–Trinajstić information content (AvgIpc) is 3.75. The van der Waals surface area contributed by atoms with Gasteiger partial charge in [-0.3, -0.25) is 15.0 Å². The zero-order valence-electron chi connectivity index (χ0n) is 42.2. The van der Waals surface area contributed by atoms with Gasteiger partial charge in [-0.1, -0.05) is 176 Å². The van der Waals surface area contributed by atoms with Crippen molar-refractivity contribution >= 4 is 35.2 Å². The van der Waals surface area contributed by atoms with Gasteiger partial charge in [0.1, 0.15) is 17.0 Å². The van der Waals surface area contributed by atoms with Crippen LogP contribution in [0.5, 0.6) is 0 Å². The summed E-state index contributed by atoms with van der Waals surface area (Å²) < 4.78 is 19.7. The van der Waals surface area contributed by atoms with E-state index in [1.54, 1.807) is 12.1 Å². The van der Waals surface area contributed by atoms with Crippen LogP contribution in [0.25, 0.3) is 66.8 Å². The predicted octanol–water partition coefficient (Wildman–Crippen LogP) is 17.0. The van der Waals surface area contributed by atoms with E-state index in [-0.39, 0.29) is 31.8 Å². The zero-order valence-corrected chi connectivity index (χ0v) is 45.6. The number of benzene rings is 6. The van der Waals surface area contributed by atoms with E-state index in [0.717, 1.165) is 68.6 Å². The van der Waals surface area contributed by atoms with E-state index in [4.69, 9.17) is 9.40 Å². The molecule has 0 aliphatic rings. The van der Waals surface area contributed by atoms with Crippen molar-refractivity contribution in [2.24, 2.45) is 11.8 Å². The van der Waals surface area contributed by atoms with E-state index in [9.17, 15) is 4.39 Å². The number of para-hydroxylation sites is 1. The Balaban J connectivity index is 0.000000171.